The number of hydrogen-bond donors (Lipinski definition) is 0. The number of ether oxygens (including phenoxy) is 3. The number of thioether (sulfide) groups is 1. The largest absolute Gasteiger partial charge is 0.495 e. The summed E-state index contributed by atoms with van der Waals surface area (Å²) in [6.07, 6.45) is -4.34. The van der Waals surface area contributed by atoms with Crippen molar-refractivity contribution >= 4 is 17.7 Å². The molecule has 168 valence electrons. The van der Waals surface area contributed by atoms with Crippen molar-refractivity contribution < 1.29 is 32.2 Å². The second kappa shape index (κ2) is 10.5. The van der Waals surface area contributed by atoms with Crippen LogP contribution in [0.1, 0.15) is 11.1 Å². The lowest BCUT2D eigenvalue weighted by Crippen LogP contribution is -2.12. The van der Waals surface area contributed by atoms with Gasteiger partial charge >= 0.3 is 12.1 Å². The van der Waals surface area contributed by atoms with E-state index in [9.17, 15) is 18.0 Å². The van der Waals surface area contributed by atoms with Crippen LogP contribution in [-0.4, -0.2) is 26.8 Å². The van der Waals surface area contributed by atoms with Crippen molar-refractivity contribution in [3.8, 4) is 22.6 Å². The molecule has 3 aromatic rings. The average Bonchev–Trinajstić information content (AvgIpc) is 2.81. The Bertz CT molecular complexity index is 1050. The summed E-state index contributed by atoms with van der Waals surface area (Å²) in [4.78, 5) is 12.1. The van der Waals surface area contributed by atoms with Gasteiger partial charge in [-0.2, -0.15) is 13.2 Å². The van der Waals surface area contributed by atoms with Gasteiger partial charge in [-0.1, -0.05) is 36.4 Å². The maximum Gasteiger partial charge on any atom is 0.416 e. The molecule has 0 unspecified atom stereocenters. The van der Waals surface area contributed by atoms with E-state index in [1.54, 1.807) is 31.0 Å². The summed E-state index contributed by atoms with van der Waals surface area (Å²) in [5.41, 5.74) is 1.96. The van der Waals surface area contributed by atoms with Crippen LogP contribution in [0.2, 0.25) is 0 Å². The zero-order valence-corrected chi connectivity index (χ0v) is 18.3. The van der Waals surface area contributed by atoms with Crippen LogP contribution in [0.5, 0.6) is 11.5 Å². The number of methoxy groups -OCH3 is 2. The Hall–Kier alpha value is -3.13. The van der Waals surface area contributed by atoms with E-state index < -0.39 is 17.7 Å². The van der Waals surface area contributed by atoms with Crippen LogP contribution in [0.15, 0.2) is 71.6 Å². The van der Waals surface area contributed by atoms with Crippen LogP contribution >= 0.6 is 11.8 Å². The topological polar surface area (TPSA) is 44.8 Å². The molecule has 0 amide bonds. The van der Waals surface area contributed by atoms with Gasteiger partial charge in [0.05, 0.1) is 19.8 Å². The Labute approximate surface area is 188 Å². The van der Waals surface area contributed by atoms with E-state index in [2.05, 4.69) is 4.74 Å². The number of alkyl halides is 3. The second-order valence-corrected chi connectivity index (χ2v) is 7.76. The van der Waals surface area contributed by atoms with E-state index in [4.69, 9.17) is 9.47 Å². The Kier molecular flexibility index (Phi) is 7.69. The first kappa shape index (κ1) is 23.5. The van der Waals surface area contributed by atoms with Crippen LogP contribution in [0, 0.1) is 0 Å². The molecule has 3 aromatic carbocycles. The van der Waals surface area contributed by atoms with Crippen LogP contribution in [0.3, 0.4) is 0 Å². The maximum atomic E-state index is 12.7. The molecule has 0 heterocycles. The first-order valence-electron chi connectivity index (χ1n) is 9.57. The van der Waals surface area contributed by atoms with E-state index >= 15 is 0 Å². The highest BCUT2D eigenvalue weighted by atomic mass is 32.2. The quantitative estimate of drug-likeness (QED) is 0.294. The third-order valence-electron chi connectivity index (χ3n) is 4.61. The number of benzene rings is 3. The first-order chi connectivity index (χ1) is 15.3. The minimum Gasteiger partial charge on any atom is -0.495 e. The van der Waals surface area contributed by atoms with E-state index in [-0.39, 0.29) is 6.61 Å². The minimum absolute atomic E-state index is 0.183. The highest BCUT2D eigenvalue weighted by molar-refractivity contribution is 7.98. The van der Waals surface area contributed by atoms with Crippen molar-refractivity contribution in [2.24, 2.45) is 0 Å². The van der Waals surface area contributed by atoms with Gasteiger partial charge in [0.25, 0.3) is 0 Å². The van der Waals surface area contributed by atoms with E-state index in [1.807, 2.05) is 30.3 Å². The van der Waals surface area contributed by atoms with Crippen molar-refractivity contribution in [1.82, 2.24) is 0 Å². The molecular formula is C24H21F3O4S. The molecule has 4 nitrogen and oxygen atoms in total. The summed E-state index contributed by atoms with van der Waals surface area (Å²) in [5, 5.41) is 0. The van der Waals surface area contributed by atoms with Gasteiger partial charge < -0.3 is 14.2 Å². The zero-order chi connectivity index (χ0) is 23.1. The lowest BCUT2D eigenvalue weighted by Gasteiger charge is -2.11. The van der Waals surface area contributed by atoms with Gasteiger partial charge in [-0.3, -0.25) is 0 Å². The highest BCUT2D eigenvalue weighted by Gasteiger charge is 2.29. The van der Waals surface area contributed by atoms with Gasteiger partial charge in [0.1, 0.15) is 11.5 Å². The molecule has 0 N–H and O–H groups in total. The molecule has 0 saturated heterocycles. The maximum absolute atomic E-state index is 12.7. The van der Waals surface area contributed by atoms with Gasteiger partial charge in [-0.05, 0) is 41.0 Å². The average molecular weight is 462 g/mol. The lowest BCUT2D eigenvalue weighted by molar-refractivity contribution is -0.143. The molecule has 0 aromatic heterocycles. The number of carbonyl (C=O) groups excluding carboxylic acids is 1. The van der Waals surface area contributed by atoms with Crippen LogP contribution in [-0.2, 0) is 21.5 Å². The number of rotatable bonds is 8. The number of hydrogen-bond acceptors (Lipinski definition) is 5. The zero-order valence-electron chi connectivity index (χ0n) is 17.4. The Balaban J connectivity index is 1.63. The molecule has 0 spiro atoms. The predicted molar refractivity (Wildman–Crippen MR) is 117 cm³/mol. The number of halogens is 3. The fourth-order valence-corrected chi connectivity index (χ4v) is 3.83. The molecule has 8 heteroatoms. The standard InChI is InChI=1S/C24H21F3O4S/c1-29-21-13-20(31-14-23(28)30-2)11-12-22(21)32-15-16-3-5-17(6-4-16)18-7-9-19(10-8-18)24(25,26)27/h3-13H,14-15H2,1-2H3. The van der Waals surface area contributed by atoms with E-state index in [0.717, 1.165) is 33.7 Å². The third-order valence-corrected chi connectivity index (χ3v) is 5.74. The summed E-state index contributed by atoms with van der Waals surface area (Å²) < 4.78 is 53.5. The number of esters is 1. The van der Waals surface area contributed by atoms with E-state index in [1.165, 1.54) is 19.2 Å². The summed E-state index contributed by atoms with van der Waals surface area (Å²) in [7, 11) is 2.85. The normalized spacial score (nSPS) is 11.2. The molecule has 0 aliphatic rings. The smallest absolute Gasteiger partial charge is 0.416 e. The van der Waals surface area contributed by atoms with Gasteiger partial charge in [0, 0.05) is 16.7 Å². The Morgan fingerprint density at radius 1 is 0.906 bits per heavy atom. The van der Waals surface area contributed by atoms with Crippen LogP contribution in [0.25, 0.3) is 11.1 Å². The van der Waals surface area contributed by atoms with Crippen molar-refractivity contribution in [2.45, 2.75) is 16.8 Å². The monoisotopic (exact) mass is 462 g/mol. The minimum atomic E-state index is -4.34. The van der Waals surface area contributed by atoms with Gasteiger partial charge in [-0.25, -0.2) is 4.79 Å². The third kappa shape index (κ3) is 6.20. The van der Waals surface area contributed by atoms with E-state index in [0.29, 0.717) is 17.3 Å². The van der Waals surface area contributed by atoms with Gasteiger partial charge in [0.15, 0.2) is 6.61 Å². The molecule has 0 radical (unpaired) electrons. The van der Waals surface area contributed by atoms with Crippen molar-refractivity contribution in [1.29, 1.82) is 0 Å². The summed E-state index contributed by atoms with van der Waals surface area (Å²) in [6.45, 7) is -0.183. The van der Waals surface area contributed by atoms with Crippen molar-refractivity contribution in [3.05, 3.63) is 77.9 Å². The molecule has 0 bridgehead atoms. The van der Waals surface area contributed by atoms with Gasteiger partial charge in [-0.15, -0.1) is 11.8 Å². The van der Waals surface area contributed by atoms with Gasteiger partial charge in [0.2, 0.25) is 0 Å². The Morgan fingerprint density at radius 3 is 2.09 bits per heavy atom. The fourth-order valence-electron chi connectivity index (χ4n) is 2.86. The molecule has 0 atom stereocenters. The van der Waals surface area contributed by atoms with Crippen LogP contribution in [0.4, 0.5) is 13.2 Å². The summed E-state index contributed by atoms with van der Waals surface area (Å²) >= 11 is 1.57. The summed E-state index contributed by atoms with van der Waals surface area (Å²) in [6, 6.07) is 18.1. The number of carbonyl (C=O) groups is 1. The second-order valence-electron chi connectivity index (χ2n) is 6.74. The highest BCUT2D eigenvalue weighted by Crippen LogP contribution is 2.35. The molecule has 0 fully saturated rings. The molecule has 0 saturated carbocycles. The fraction of sp³-hybridized carbons (Fsp3) is 0.208. The predicted octanol–water partition coefficient (Wildman–Crippen LogP) is 6.23. The molecular weight excluding hydrogens is 441 g/mol. The SMILES string of the molecule is COC(=O)COc1ccc(SCc2ccc(-c3ccc(C(F)(F)F)cc3)cc2)c(OC)c1. The summed E-state index contributed by atoms with van der Waals surface area (Å²) in [5.74, 6) is 1.32. The molecule has 0 aliphatic carbocycles. The van der Waals surface area contributed by atoms with Crippen LogP contribution < -0.4 is 9.47 Å². The molecule has 32 heavy (non-hydrogen) atoms. The lowest BCUT2D eigenvalue weighted by atomic mass is 10.0. The molecule has 3 rings (SSSR count). The van der Waals surface area contributed by atoms with Crippen molar-refractivity contribution in [2.75, 3.05) is 20.8 Å². The first-order valence-corrected chi connectivity index (χ1v) is 10.6. The molecule has 0 aliphatic heterocycles. The van der Waals surface area contributed by atoms with Crippen molar-refractivity contribution in [3.63, 3.8) is 0 Å². The Morgan fingerprint density at radius 2 is 1.53 bits per heavy atom.